The van der Waals surface area contributed by atoms with Gasteiger partial charge in [0.15, 0.2) is 0 Å². The van der Waals surface area contributed by atoms with Crippen LogP contribution in [-0.2, 0) is 9.59 Å². The Balaban J connectivity index is 0.834. The fraction of sp³-hybridized carbons (Fsp3) is 0.381. The molecule has 9 rings (SSSR count). The summed E-state index contributed by atoms with van der Waals surface area (Å²) in [5, 5.41) is 21.6. The molecule has 2 saturated heterocycles. The van der Waals surface area contributed by atoms with E-state index < -0.39 is 6.17 Å². The minimum absolute atomic E-state index is 0.142. The van der Waals surface area contributed by atoms with Crippen LogP contribution in [0.4, 0.5) is 10.1 Å². The maximum Gasteiger partial charge on any atom is 0.249 e. The maximum absolute atomic E-state index is 16.0. The Morgan fingerprint density at radius 1 is 0.868 bits per heavy atom. The van der Waals surface area contributed by atoms with Crippen LogP contribution in [0.1, 0.15) is 67.9 Å². The van der Waals surface area contributed by atoms with E-state index in [2.05, 4.69) is 54.1 Å². The molecule has 53 heavy (non-hydrogen) atoms. The van der Waals surface area contributed by atoms with Gasteiger partial charge in [0.05, 0.1) is 23.4 Å². The summed E-state index contributed by atoms with van der Waals surface area (Å²) in [5.41, 5.74) is 6.98. The summed E-state index contributed by atoms with van der Waals surface area (Å²) in [6.07, 6.45) is 6.71. The number of carbonyl (C=O) groups excluding carboxylic acids is 2. The lowest BCUT2D eigenvalue weighted by atomic mass is 9.79. The molecule has 5 aromatic rings. The Hall–Kier alpha value is -5.29. The highest BCUT2D eigenvalue weighted by molar-refractivity contribution is 6.02. The number of amides is 2. The smallest absolute Gasteiger partial charge is 0.249 e. The highest BCUT2D eigenvalue weighted by Gasteiger charge is 2.38. The average Bonchev–Trinajstić information content (AvgIpc) is 3.61. The molecule has 3 aromatic carbocycles. The number of aromatic nitrogens is 3. The fourth-order valence-corrected chi connectivity index (χ4v) is 9.16. The van der Waals surface area contributed by atoms with Crippen LogP contribution in [0.2, 0.25) is 0 Å². The van der Waals surface area contributed by atoms with Crippen molar-refractivity contribution in [2.45, 2.75) is 75.0 Å². The Labute approximate surface area is 307 Å². The van der Waals surface area contributed by atoms with Gasteiger partial charge in [-0.15, -0.1) is 10.2 Å². The highest BCUT2D eigenvalue weighted by Crippen LogP contribution is 2.45. The number of likely N-dealkylation sites (tertiary alicyclic amines) is 1. The molecular formula is C42H43FN6O4. The van der Waals surface area contributed by atoms with Gasteiger partial charge < -0.3 is 19.3 Å². The molecule has 2 aromatic heterocycles. The number of hydrogen-bond acceptors (Lipinski definition) is 8. The number of rotatable bonds is 6. The zero-order valence-corrected chi connectivity index (χ0v) is 29.5. The second-order valence-corrected chi connectivity index (χ2v) is 14.9. The number of piperidine rings is 2. The first kappa shape index (κ1) is 33.5. The molecule has 3 atom stereocenters. The number of benzene rings is 3. The second kappa shape index (κ2) is 13.9. The van der Waals surface area contributed by atoms with Crippen molar-refractivity contribution >= 4 is 28.5 Å². The Morgan fingerprint density at radius 3 is 2.49 bits per heavy atom. The minimum atomic E-state index is -0.941. The molecule has 1 aliphatic carbocycles. The van der Waals surface area contributed by atoms with E-state index in [0.717, 1.165) is 72.4 Å². The van der Waals surface area contributed by atoms with Crippen molar-refractivity contribution in [3.05, 3.63) is 96.2 Å². The Kier molecular flexibility index (Phi) is 8.81. The fourth-order valence-electron chi connectivity index (χ4n) is 9.16. The quantitative estimate of drug-likeness (QED) is 0.188. The number of nitrogens with zero attached hydrogens (tertiary/aromatic N) is 5. The van der Waals surface area contributed by atoms with E-state index in [9.17, 15) is 14.7 Å². The van der Waals surface area contributed by atoms with Crippen LogP contribution in [0.5, 0.6) is 11.5 Å². The van der Waals surface area contributed by atoms with Gasteiger partial charge in [0, 0.05) is 42.4 Å². The molecule has 11 heteroatoms. The SMILES string of the molecule is O=C1CCC(N2CCOc3c(C4CCC(N5CCC(c6ccc(-n7ccc8nnc(-c9ccccc9O)cc87)cc6)C(F)C5)CC4)cccc32)C(=O)N1. The lowest BCUT2D eigenvalue weighted by Gasteiger charge is -2.43. The van der Waals surface area contributed by atoms with Crippen LogP contribution in [0.3, 0.4) is 0 Å². The lowest BCUT2D eigenvalue weighted by Crippen LogP contribution is -2.54. The van der Waals surface area contributed by atoms with Crippen LogP contribution >= 0.6 is 0 Å². The summed E-state index contributed by atoms with van der Waals surface area (Å²) in [5.74, 6) is 0.805. The van der Waals surface area contributed by atoms with Gasteiger partial charge in [-0.05, 0) is 105 Å². The monoisotopic (exact) mass is 714 g/mol. The van der Waals surface area contributed by atoms with Gasteiger partial charge in [0.25, 0.3) is 0 Å². The molecule has 2 N–H and O–H groups in total. The molecule has 5 heterocycles. The highest BCUT2D eigenvalue weighted by atomic mass is 19.1. The Morgan fingerprint density at radius 2 is 1.70 bits per heavy atom. The number of imide groups is 1. The number of alkyl halides is 1. The predicted molar refractivity (Wildman–Crippen MR) is 200 cm³/mol. The van der Waals surface area contributed by atoms with E-state index in [1.54, 1.807) is 12.1 Å². The molecule has 0 spiro atoms. The number of halogens is 1. The molecule has 272 valence electrons. The summed E-state index contributed by atoms with van der Waals surface area (Å²) < 4.78 is 24.3. The zero-order valence-electron chi connectivity index (χ0n) is 29.5. The van der Waals surface area contributed by atoms with Crippen molar-refractivity contribution in [1.82, 2.24) is 25.0 Å². The van der Waals surface area contributed by atoms with Gasteiger partial charge in [0.1, 0.15) is 35.8 Å². The first-order valence-electron chi connectivity index (χ1n) is 18.9. The third-order valence-electron chi connectivity index (χ3n) is 11.9. The van der Waals surface area contributed by atoms with Crippen molar-refractivity contribution in [1.29, 1.82) is 0 Å². The molecular weight excluding hydrogens is 671 g/mol. The van der Waals surface area contributed by atoms with Crippen molar-refractivity contribution < 1.29 is 23.8 Å². The second-order valence-electron chi connectivity index (χ2n) is 14.9. The third-order valence-corrected chi connectivity index (χ3v) is 11.9. The lowest BCUT2D eigenvalue weighted by molar-refractivity contribution is -0.134. The van der Waals surface area contributed by atoms with E-state index in [4.69, 9.17) is 4.74 Å². The summed E-state index contributed by atoms with van der Waals surface area (Å²) in [4.78, 5) is 29.0. The summed E-state index contributed by atoms with van der Waals surface area (Å²) >= 11 is 0. The molecule has 0 radical (unpaired) electrons. The number of anilines is 1. The summed E-state index contributed by atoms with van der Waals surface area (Å²) in [6, 6.07) is 25.4. The van der Waals surface area contributed by atoms with Crippen molar-refractivity contribution in [3.63, 3.8) is 0 Å². The third kappa shape index (κ3) is 6.30. The van der Waals surface area contributed by atoms with Crippen LogP contribution in [0.25, 0.3) is 28.0 Å². The largest absolute Gasteiger partial charge is 0.507 e. The number of fused-ring (bicyclic) bond motifs is 2. The van der Waals surface area contributed by atoms with E-state index in [1.165, 1.54) is 5.56 Å². The van der Waals surface area contributed by atoms with Gasteiger partial charge in [-0.1, -0.05) is 36.4 Å². The number of carbonyl (C=O) groups is 2. The molecule has 10 nitrogen and oxygen atoms in total. The van der Waals surface area contributed by atoms with Gasteiger partial charge in [-0.3, -0.25) is 19.8 Å². The van der Waals surface area contributed by atoms with Gasteiger partial charge in [0.2, 0.25) is 11.8 Å². The molecule has 0 bridgehead atoms. The van der Waals surface area contributed by atoms with E-state index >= 15 is 4.39 Å². The Bertz CT molecular complexity index is 2160. The standard InChI is InChI=1S/C42H43FN6O4/c43-33-25-47(28-12-8-27(9-13-28)31-5-3-6-36-41(31)53-23-22-49(36)37-16-17-40(51)44-42(37)52)20-18-30(33)26-10-14-29(15-11-26)48-21-19-34-38(48)24-35(46-45-34)32-4-1-2-7-39(32)50/h1-7,10-11,14-15,19,21,24,27-28,30,33,37,50H,8-9,12-13,16-18,20,22-23,25H2,(H,44,51,52). The number of nitrogens with one attached hydrogen (secondary N) is 1. The van der Waals surface area contributed by atoms with Crippen molar-refractivity contribution in [2.75, 3.05) is 31.1 Å². The normalized spacial score (nSPS) is 25.2. The van der Waals surface area contributed by atoms with Gasteiger partial charge in [-0.2, -0.15) is 0 Å². The van der Waals surface area contributed by atoms with Crippen molar-refractivity contribution in [3.8, 4) is 28.4 Å². The first-order valence-corrected chi connectivity index (χ1v) is 18.9. The number of hydrogen-bond donors (Lipinski definition) is 2. The maximum atomic E-state index is 16.0. The van der Waals surface area contributed by atoms with Crippen molar-refractivity contribution in [2.24, 2.45) is 0 Å². The molecule has 1 saturated carbocycles. The topological polar surface area (TPSA) is 113 Å². The van der Waals surface area contributed by atoms with Crippen LogP contribution in [0, 0.1) is 0 Å². The van der Waals surface area contributed by atoms with Gasteiger partial charge in [-0.25, -0.2) is 4.39 Å². The number of aromatic hydroxyl groups is 1. The number of para-hydroxylation sites is 2. The molecule has 4 aliphatic rings. The number of phenolic OH excluding ortho intramolecular Hbond substituents is 1. The van der Waals surface area contributed by atoms with E-state index in [0.29, 0.717) is 55.8 Å². The molecule has 3 fully saturated rings. The molecule has 3 unspecified atom stereocenters. The zero-order chi connectivity index (χ0) is 36.1. The first-order chi connectivity index (χ1) is 25.9. The predicted octanol–water partition coefficient (Wildman–Crippen LogP) is 6.65. The molecule has 2 amide bonds. The molecule has 3 aliphatic heterocycles. The van der Waals surface area contributed by atoms with E-state index in [-0.39, 0.29) is 29.5 Å². The van der Waals surface area contributed by atoms with Crippen LogP contribution < -0.4 is 15.0 Å². The minimum Gasteiger partial charge on any atom is -0.507 e. The van der Waals surface area contributed by atoms with Gasteiger partial charge >= 0.3 is 0 Å². The van der Waals surface area contributed by atoms with Crippen LogP contribution in [0.15, 0.2) is 85.1 Å². The van der Waals surface area contributed by atoms with E-state index in [1.807, 2.05) is 48.7 Å². The summed E-state index contributed by atoms with van der Waals surface area (Å²) in [7, 11) is 0. The van der Waals surface area contributed by atoms with Crippen LogP contribution in [-0.4, -0.2) is 81.1 Å². The number of phenols is 1. The average molecular weight is 715 g/mol. The number of ether oxygens (including phenoxy) is 1. The summed E-state index contributed by atoms with van der Waals surface area (Å²) in [6.45, 7) is 2.45.